The maximum absolute atomic E-state index is 12.2. The van der Waals surface area contributed by atoms with Crippen molar-refractivity contribution in [1.82, 2.24) is 4.90 Å². The standard InChI is InChI=1S/C20H31N3O2/c1-13(2)14(3)23(15(4)24)12-17-11-18(9-10-19(17)22(5)6)21-20(25)16-7-8-16/h9-11,13-14,16H,7-8,12H2,1-6H3,(H,21,25). The highest BCUT2D eigenvalue weighted by Gasteiger charge is 2.29. The van der Waals surface area contributed by atoms with Gasteiger partial charge in [0.25, 0.3) is 0 Å². The normalized spacial score (nSPS) is 15.0. The van der Waals surface area contributed by atoms with Gasteiger partial charge in [0.2, 0.25) is 11.8 Å². The Bertz CT molecular complexity index is 636. The van der Waals surface area contributed by atoms with Gasteiger partial charge in [0.1, 0.15) is 0 Å². The first-order chi connectivity index (χ1) is 11.7. The van der Waals surface area contributed by atoms with E-state index in [1.807, 2.05) is 42.1 Å². The third-order valence-corrected chi connectivity index (χ3v) is 4.98. The van der Waals surface area contributed by atoms with Gasteiger partial charge in [0, 0.05) is 50.9 Å². The van der Waals surface area contributed by atoms with Crippen LogP contribution in [0, 0.1) is 11.8 Å². The van der Waals surface area contributed by atoms with Crippen molar-refractivity contribution in [2.24, 2.45) is 11.8 Å². The Kier molecular flexibility index (Phi) is 6.09. The molecule has 1 N–H and O–H groups in total. The molecule has 0 heterocycles. The van der Waals surface area contributed by atoms with Crippen LogP contribution in [0.4, 0.5) is 11.4 Å². The highest BCUT2D eigenvalue weighted by Crippen LogP contribution is 2.31. The van der Waals surface area contributed by atoms with Crippen LogP contribution < -0.4 is 10.2 Å². The maximum atomic E-state index is 12.2. The van der Waals surface area contributed by atoms with Gasteiger partial charge >= 0.3 is 0 Å². The van der Waals surface area contributed by atoms with E-state index in [0.29, 0.717) is 12.5 Å². The van der Waals surface area contributed by atoms with Crippen molar-refractivity contribution >= 4 is 23.2 Å². The van der Waals surface area contributed by atoms with Gasteiger partial charge in [0.15, 0.2) is 0 Å². The largest absolute Gasteiger partial charge is 0.377 e. The highest BCUT2D eigenvalue weighted by atomic mass is 16.2. The van der Waals surface area contributed by atoms with Crippen LogP contribution in [0.3, 0.4) is 0 Å². The number of rotatable bonds is 7. The molecule has 5 nitrogen and oxygen atoms in total. The molecule has 1 aliphatic carbocycles. The Morgan fingerprint density at radius 1 is 1.20 bits per heavy atom. The number of nitrogens with zero attached hydrogens (tertiary/aromatic N) is 2. The van der Waals surface area contributed by atoms with Gasteiger partial charge in [-0.15, -0.1) is 0 Å². The van der Waals surface area contributed by atoms with Crippen LogP contribution in [-0.2, 0) is 16.1 Å². The molecule has 25 heavy (non-hydrogen) atoms. The second-order valence-corrected chi connectivity index (χ2v) is 7.63. The van der Waals surface area contributed by atoms with E-state index in [-0.39, 0.29) is 23.8 Å². The molecular weight excluding hydrogens is 314 g/mol. The molecule has 0 aromatic heterocycles. The molecule has 1 aliphatic rings. The summed E-state index contributed by atoms with van der Waals surface area (Å²) in [6.45, 7) is 8.49. The summed E-state index contributed by atoms with van der Waals surface area (Å²) in [7, 11) is 3.98. The van der Waals surface area contributed by atoms with Crippen molar-refractivity contribution < 1.29 is 9.59 Å². The molecule has 5 heteroatoms. The fourth-order valence-electron chi connectivity index (χ4n) is 2.90. The summed E-state index contributed by atoms with van der Waals surface area (Å²) < 4.78 is 0. The molecule has 2 rings (SSSR count). The summed E-state index contributed by atoms with van der Waals surface area (Å²) in [5.41, 5.74) is 2.91. The number of carbonyl (C=O) groups is 2. The number of nitrogens with one attached hydrogen (secondary N) is 1. The predicted molar refractivity (Wildman–Crippen MR) is 103 cm³/mol. The number of carbonyl (C=O) groups excluding carboxylic acids is 2. The Morgan fingerprint density at radius 2 is 1.84 bits per heavy atom. The van der Waals surface area contributed by atoms with Crippen molar-refractivity contribution in [3.63, 3.8) is 0 Å². The molecule has 2 amide bonds. The molecule has 1 aromatic carbocycles. The van der Waals surface area contributed by atoms with Gasteiger partial charge in [-0.1, -0.05) is 13.8 Å². The lowest BCUT2D eigenvalue weighted by Gasteiger charge is -2.32. The first kappa shape index (κ1) is 19.3. The molecule has 0 spiro atoms. The first-order valence-electron chi connectivity index (χ1n) is 9.09. The molecule has 0 bridgehead atoms. The summed E-state index contributed by atoms with van der Waals surface area (Å²) in [4.78, 5) is 28.2. The van der Waals surface area contributed by atoms with Crippen LogP contribution >= 0.6 is 0 Å². The van der Waals surface area contributed by atoms with E-state index in [1.54, 1.807) is 6.92 Å². The van der Waals surface area contributed by atoms with Gasteiger partial charge in [-0.25, -0.2) is 0 Å². The Balaban J connectivity index is 2.28. The predicted octanol–water partition coefficient (Wildman–Crippen LogP) is 3.49. The molecular formula is C20H31N3O2. The number of amides is 2. The van der Waals surface area contributed by atoms with E-state index in [1.165, 1.54) is 0 Å². The molecule has 1 unspecified atom stereocenters. The molecule has 1 fully saturated rings. The van der Waals surface area contributed by atoms with Crippen LogP contribution in [0.1, 0.15) is 46.1 Å². The molecule has 0 radical (unpaired) electrons. The molecule has 0 saturated heterocycles. The quantitative estimate of drug-likeness (QED) is 0.823. The van der Waals surface area contributed by atoms with E-state index >= 15 is 0 Å². The third kappa shape index (κ3) is 4.97. The minimum atomic E-state index is 0.0679. The summed E-state index contributed by atoms with van der Waals surface area (Å²) in [5.74, 6) is 0.719. The molecule has 1 atom stereocenters. The number of hydrogen-bond donors (Lipinski definition) is 1. The van der Waals surface area contributed by atoms with E-state index in [0.717, 1.165) is 29.8 Å². The van der Waals surface area contributed by atoms with Gasteiger partial charge in [-0.05, 0) is 49.4 Å². The average molecular weight is 345 g/mol. The molecule has 138 valence electrons. The van der Waals surface area contributed by atoms with E-state index in [9.17, 15) is 9.59 Å². The zero-order chi connectivity index (χ0) is 18.7. The van der Waals surface area contributed by atoms with Gasteiger partial charge in [-0.2, -0.15) is 0 Å². The zero-order valence-corrected chi connectivity index (χ0v) is 16.3. The van der Waals surface area contributed by atoms with E-state index in [2.05, 4.69) is 26.1 Å². The SMILES string of the molecule is CC(=O)N(Cc1cc(NC(=O)C2CC2)ccc1N(C)C)C(C)C(C)C. The molecule has 0 aliphatic heterocycles. The highest BCUT2D eigenvalue weighted by molar-refractivity contribution is 5.94. The van der Waals surface area contributed by atoms with Crippen molar-refractivity contribution in [2.45, 2.75) is 53.1 Å². The van der Waals surface area contributed by atoms with Crippen molar-refractivity contribution in [2.75, 3.05) is 24.3 Å². The Morgan fingerprint density at radius 3 is 2.32 bits per heavy atom. The van der Waals surface area contributed by atoms with Crippen LogP contribution in [0.25, 0.3) is 0 Å². The Hall–Kier alpha value is -2.04. The lowest BCUT2D eigenvalue weighted by Crippen LogP contribution is -2.39. The van der Waals surface area contributed by atoms with E-state index < -0.39 is 0 Å². The molecule has 1 aromatic rings. The number of benzene rings is 1. The Labute approximate surface area is 151 Å². The first-order valence-corrected chi connectivity index (χ1v) is 9.09. The van der Waals surface area contributed by atoms with Crippen molar-refractivity contribution in [1.29, 1.82) is 0 Å². The van der Waals surface area contributed by atoms with Crippen LogP contribution in [0.5, 0.6) is 0 Å². The zero-order valence-electron chi connectivity index (χ0n) is 16.3. The minimum absolute atomic E-state index is 0.0679. The number of anilines is 2. The summed E-state index contributed by atoms with van der Waals surface area (Å²) in [6.07, 6.45) is 1.97. The van der Waals surface area contributed by atoms with Crippen LogP contribution in [-0.4, -0.2) is 36.9 Å². The van der Waals surface area contributed by atoms with Crippen LogP contribution in [0.2, 0.25) is 0 Å². The smallest absolute Gasteiger partial charge is 0.227 e. The van der Waals surface area contributed by atoms with Crippen LogP contribution in [0.15, 0.2) is 18.2 Å². The second-order valence-electron chi connectivity index (χ2n) is 7.63. The lowest BCUT2D eigenvalue weighted by molar-refractivity contribution is -0.132. The lowest BCUT2D eigenvalue weighted by atomic mass is 10.0. The van der Waals surface area contributed by atoms with Crippen molar-refractivity contribution in [3.8, 4) is 0 Å². The minimum Gasteiger partial charge on any atom is -0.377 e. The van der Waals surface area contributed by atoms with Gasteiger partial charge in [0.05, 0.1) is 0 Å². The van der Waals surface area contributed by atoms with E-state index in [4.69, 9.17) is 0 Å². The monoisotopic (exact) mass is 345 g/mol. The summed E-state index contributed by atoms with van der Waals surface area (Å²) in [6, 6.07) is 6.09. The fourth-order valence-corrected chi connectivity index (χ4v) is 2.90. The maximum Gasteiger partial charge on any atom is 0.227 e. The van der Waals surface area contributed by atoms with Crippen molar-refractivity contribution in [3.05, 3.63) is 23.8 Å². The third-order valence-electron chi connectivity index (χ3n) is 4.98. The summed E-state index contributed by atoms with van der Waals surface area (Å²) in [5, 5.41) is 3.00. The number of hydrogen-bond acceptors (Lipinski definition) is 3. The fraction of sp³-hybridized carbons (Fsp3) is 0.600. The average Bonchev–Trinajstić information content (AvgIpc) is 3.36. The van der Waals surface area contributed by atoms with Gasteiger partial charge in [-0.3, -0.25) is 9.59 Å². The second kappa shape index (κ2) is 7.89. The topological polar surface area (TPSA) is 52.7 Å². The van der Waals surface area contributed by atoms with Gasteiger partial charge < -0.3 is 15.1 Å². The molecule has 1 saturated carbocycles. The summed E-state index contributed by atoms with van der Waals surface area (Å²) >= 11 is 0.